The molecule has 0 aliphatic carbocycles. The first-order chi connectivity index (χ1) is 7.59. The summed E-state index contributed by atoms with van der Waals surface area (Å²) in [5.41, 5.74) is 5.41. The molecule has 0 unspecified atom stereocenters. The molecule has 2 amide bonds. The zero-order valence-corrected chi connectivity index (χ0v) is 8.25. The van der Waals surface area contributed by atoms with Gasteiger partial charge in [0.1, 0.15) is 12.4 Å². The highest BCUT2D eigenvalue weighted by atomic mass is 16.6. The van der Waals surface area contributed by atoms with Crippen molar-refractivity contribution in [2.45, 2.75) is 0 Å². The highest BCUT2D eigenvalue weighted by Crippen LogP contribution is 2.34. The Labute approximate surface area is 90.5 Å². The minimum Gasteiger partial charge on any atom is -0.490 e. The van der Waals surface area contributed by atoms with Gasteiger partial charge in [-0.2, -0.15) is 0 Å². The largest absolute Gasteiger partial charge is 0.490 e. The van der Waals surface area contributed by atoms with Crippen LogP contribution in [0.4, 0.5) is 16.2 Å². The van der Waals surface area contributed by atoms with E-state index in [1.165, 1.54) is 23.1 Å². The van der Waals surface area contributed by atoms with Crippen LogP contribution in [0.25, 0.3) is 0 Å². The Morgan fingerprint density at radius 2 is 2.31 bits per heavy atom. The lowest BCUT2D eigenvalue weighted by molar-refractivity contribution is -0.384. The molecule has 0 radical (unpaired) electrons. The summed E-state index contributed by atoms with van der Waals surface area (Å²) in [6.45, 7) is 0.622. The van der Waals surface area contributed by atoms with E-state index in [4.69, 9.17) is 10.5 Å². The molecule has 0 saturated carbocycles. The van der Waals surface area contributed by atoms with Gasteiger partial charge in [-0.05, 0) is 6.07 Å². The van der Waals surface area contributed by atoms with E-state index in [0.717, 1.165) is 0 Å². The summed E-state index contributed by atoms with van der Waals surface area (Å²) in [6, 6.07) is 3.41. The summed E-state index contributed by atoms with van der Waals surface area (Å²) >= 11 is 0. The predicted molar refractivity (Wildman–Crippen MR) is 55.5 cm³/mol. The summed E-state index contributed by atoms with van der Waals surface area (Å²) in [6.07, 6.45) is 0. The molecule has 1 aromatic rings. The Hall–Kier alpha value is -2.31. The molecule has 7 nitrogen and oxygen atoms in total. The highest BCUT2D eigenvalue weighted by molar-refractivity contribution is 5.93. The summed E-state index contributed by atoms with van der Waals surface area (Å²) in [7, 11) is 0. The van der Waals surface area contributed by atoms with Gasteiger partial charge in [-0.25, -0.2) is 4.79 Å². The first-order valence-electron chi connectivity index (χ1n) is 4.58. The number of urea groups is 1. The van der Waals surface area contributed by atoms with Crippen LogP contribution in [0.1, 0.15) is 0 Å². The molecule has 1 aliphatic heterocycles. The standard InChI is InChI=1S/C9H9N3O4/c10-9(13)11-3-4-16-8-2-1-6(12(14)15)5-7(8)11/h1-2,5H,3-4H2,(H2,10,13). The van der Waals surface area contributed by atoms with Crippen molar-refractivity contribution in [1.82, 2.24) is 0 Å². The lowest BCUT2D eigenvalue weighted by atomic mass is 10.2. The maximum Gasteiger partial charge on any atom is 0.319 e. The third-order valence-electron chi connectivity index (χ3n) is 2.28. The van der Waals surface area contributed by atoms with E-state index in [-0.39, 0.29) is 5.69 Å². The number of benzene rings is 1. The number of ether oxygens (including phenoxy) is 1. The maximum absolute atomic E-state index is 11.1. The monoisotopic (exact) mass is 223 g/mol. The number of non-ortho nitro benzene ring substituents is 1. The van der Waals surface area contributed by atoms with E-state index < -0.39 is 11.0 Å². The van der Waals surface area contributed by atoms with Gasteiger partial charge in [0.25, 0.3) is 5.69 Å². The van der Waals surface area contributed by atoms with Gasteiger partial charge in [0, 0.05) is 12.1 Å². The van der Waals surface area contributed by atoms with Gasteiger partial charge in [0.15, 0.2) is 0 Å². The molecule has 0 atom stereocenters. The molecule has 84 valence electrons. The number of carbonyl (C=O) groups is 1. The topological polar surface area (TPSA) is 98.7 Å². The third-order valence-corrected chi connectivity index (χ3v) is 2.28. The summed E-state index contributed by atoms with van der Waals surface area (Å²) in [5.74, 6) is 0.427. The third kappa shape index (κ3) is 1.62. The molecule has 16 heavy (non-hydrogen) atoms. The number of anilines is 1. The average molecular weight is 223 g/mol. The molecular weight excluding hydrogens is 214 g/mol. The number of amides is 2. The number of nitro groups is 1. The van der Waals surface area contributed by atoms with E-state index in [0.29, 0.717) is 24.6 Å². The number of hydrogen-bond donors (Lipinski definition) is 1. The zero-order chi connectivity index (χ0) is 11.7. The number of hydrogen-bond acceptors (Lipinski definition) is 4. The van der Waals surface area contributed by atoms with E-state index in [1.807, 2.05) is 0 Å². The molecule has 7 heteroatoms. The lowest BCUT2D eigenvalue weighted by Crippen LogP contribution is -2.41. The van der Waals surface area contributed by atoms with Crippen molar-refractivity contribution >= 4 is 17.4 Å². The van der Waals surface area contributed by atoms with Gasteiger partial charge in [0.05, 0.1) is 17.2 Å². The molecule has 1 heterocycles. The first-order valence-corrected chi connectivity index (χ1v) is 4.58. The fourth-order valence-corrected chi connectivity index (χ4v) is 1.55. The molecule has 0 spiro atoms. The fraction of sp³-hybridized carbons (Fsp3) is 0.222. The number of rotatable bonds is 1. The molecular formula is C9H9N3O4. The number of nitrogens with zero attached hydrogens (tertiary/aromatic N) is 2. The number of carbonyl (C=O) groups excluding carboxylic acids is 1. The van der Waals surface area contributed by atoms with Crippen LogP contribution in [0.2, 0.25) is 0 Å². The van der Waals surface area contributed by atoms with Crippen LogP contribution in [0.5, 0.6) is 5.75 Å². The van der Waals surface area contributed by atoms with E-state index in [9.17, 15) is 14.9 Å². The average Bonchev–Trinajstić information content (AvgIpc) is 2.27. The number of nitrogens with two attached hydrogens (primary N) is 1. The summed E-state index contributed by atoms with van der Waals surface area (Å²) < 4.78 is 5.27. The quantitative estimate of drug-likeness (QED) is 0.564. The number of nitro benzene ring substituents is 1. The van der Waals surface area contributed by atoms with Gasteiger partial charge in [-0.15, -0.1) is 0 Å². The van der Waals surface area contributed by atoms with Crippen molar-refractivity contribution in [2.24, 2.45) is 5.73 Å². The summed E-state index contributed by atoms with van der Waals surface area (Å²) in [5, 5.41) is 10.6. The van der Waals surface area contributed by atoms with Crippen molar-refractivity contribution in [1.29, 1.82) is 0 Å². The smallest absolute Gasteiger partial charge is 0.319 e. The van der Waals surface area contributed by atoms with Crippen molar-refractivity contribution in [3.05, 3.63) is 28.3 Å². The van der Waals surface area contributed by atoms with E-state index in [1.54, 1.807) is 0 Å². The Bertz CT molecular complexity index is 460. The van der Waals surface area contributed by atoms with Gasteiger partial charge in [-0.3, -0.25) is 15.0 Å². The fourth-order valence-electron chi connectivity index (χ4n) is 1.55. The van der Waals surface area contributed by atoms with Gasteiger partial charge >= 0.3 is 6.03 Å². The highest BCUT2D eigenvalue weighted by Gasteiger charge is 2.24. The van der Waals surface area contributed by atoms with Gasteiger partial charge in [-0.1, -0.05) is 0 Å². The van der Waals surface area contributed by atoms with Crippen LogP contribution in [0.3, 0.4) is 0 Å². The summed E-state index contributed by atoms with van der Waals surface area (Å²) in [4.78, 5) is 22.4. The molecule has 2 rings (SSSR count). The molecule has 1 aromatic carbocycles. The SMILES string of the molecule is NC(=O)N1CCOc2ccc([N+](=O)[O-])cc21. The second kappa shape index (κ2) is 3.69. The molecule has 0 fully saturated rings. The van der Waals surface area contributed by atoms with Crippen LogP contribution >= 0.6 is 0 Å². The Kier molecular flexibility index (Phi) is 2.35. The predicted octanol–water partition coefficient (Wildman–Crippen LogP) is 0.872. The lowest BCUT2D eigenvalue weighted by Gasteiger charge is -2.27. The van der Waals surface area contributed by atoms with Crippen LogP contribution in [0, 0.1) is 10.1 Å². The molecule has 2 N–H and O–H groups in total. The van der Waals surface area contributed by atoms with E-state index >= 15 is 0 Å². The number of primary amides is 1. The molecule has 1 aliphatic rings. The van der Waals surface area contributed by atoms with Crippen molar-refractivity contribution in [3.63, 3.8) is 0 Å². The van der Waals surface area contributed by atoms with Gasteiger partial charge < -0.3 is 10.5 Å². The van der Waals surface area contributed by atoms with Crippen LogP contribution < -0.4 is 15.4 Å². The minimum atomic E-state index is -0.648. The van der Waals surface area contributed by atoms with Crippen molar-refractivity contribution in [3.8, 4) is 5.75 Å². The minimum absolute atomic E-state index is 0.101. The normalized spacial score (nSPS) is 13.9. The van der Waals surface area contributed by atoms with Gasteiger partial charge in [0.2, 0.25) is 0 Å². The molecule has 0 aromatic heterocycles. The Morgan fingerprint density at radius 1 is 1.56 bits per heavy atom. The Morgan fingerprint density at radius 3 is 2.94 bits per heavy atom. The first kappa shape index (κ1) is 10.2. The Balaban J connectivity index is 2.48. The number of fused-ring (bicyclic) bond motifs is 1. The van der Waals surface area contributed by atoms with Crippen LogP contribution in [0.15, 0.2) is 18.2 Å². The van der Waals surface area contributed by atoms with Crippen molar-refractivity contribution in [2.75, 3.05) is 18.1 Å². The maximum atomic E-state index is 11.1. The zero-order valence-electron chi connectivity index (χ0n) is 8.25. The molecule has 0 bridgehead atoms. The van der Waals surface area contributed by atoms with Crippen LogP contribution in [-0.4, -0.2) is 24.1 Å². The molecule has 0 saturated heterocycles. The van der Waals surface area contributed by atoms with Crippen LogP contribution in [-0.2, 0) is 0 Å². The second-order valence-electron chi connectivity index (χ2n) is 3.25. The van der Waals surface area contributed by atoms with E-state index in [2.05, 4.69) is 0 Å². The second-order valence-corrected chi connectivity index (χ2v) is 3.25. The van der Waals surface area contributed by atoms with Crippen molar-refractivity contribution < 1.29 is 14.5 Å².